The van der Waals surface area contributed by atoms with Gasteiger partial charge in [-0.1, -0.05) is 17.7 Å². The van der Waals surface area contributed by atoms with Crippen LogP contribution in [0, 0.1) is 0 Å². The quantitative estimate of drug-likeness (QED) is 0.804. The zero-order valence-corrected chi connectivity index (χ0v) is 9.48. The SMILES string of the molecule is O=C(Nc1cccc(O)c1)c1ccc(Cl)nc1. The van der Waals surface area contributed by atoms with Gasteiger partial charge in [-0.2, -0.15) is 0 Å². The van der Waals surface area contributed by atoms with Gasteiger partial charge in [-0.25, -0.2) is 4.98 Å². The van der Waals surface area contributed by atoms with Crippen LogP contribution in [0.15, 0.2) is 42.6 Å². The molecule has 5 heteroatoms. The maximum atomic E-state index is 11.8. The van der Waals surface area contributed by atoms with Crippen molar-refractivity contribution in [3.8, 4) is 5.75 Å². The van der Waals surface area contributed by atoms with Gasteiger partial charge in [0.15, 0.2) is 0 Å². The molecule has 1 heterocycles. The summed E-state index contributed by atoms with van der Waals surface area (Å²) in [7, 11) is 0. The van der Waals surface area contributed by atoms with Gasteiger partial charge in [-0.3, -0.25) is 4.79 Å². The first kappa shape index (κ1) is 11.4. The number of nitrogens with zero attached hydrogens (tertiary/aromatic N) is 1. The number of halogens is 1. The molecule has 0 atom stereocenters. The fourth-order valence-corrected chi connectivity index (χ4v) is 1.41. The van der Waals surface area contributed by atoms with Gasteiger partial charge in [-0.05, 0) is 24.3 Å². The highest BCUT2D eigenvalue weighted by molar-refractivity contribution is 6.29. The Morgan fingerprint density at radius 2 is 2.12 bits per heavy atom. The number of aromatic nitrogens is 1. The molecule has 1 aromatic carbocycles. The van der Waals surface area contributed by atoms with Crippen LogP contribution < -0.4 is 5.32 Å². The number of amides is 1. The first-order chi connectivity index (χ1) is 8.15. The van der Waals surface area contributed by atoms with Crippen LogP contribution in [-0.4, -0.2) is 16.0 Å². The summed E-state index contributed by atoms with van der Waals surface area (Å²) in [6.45, 7) is 0. The van der Waals surface area contributed by atoms with Crippen molar-refractivity contribution in [3.63, 3.8) is 0 Å². The van der Waals surface area contributed by atoms with Gasteiger partial charge < -0.3 is 10.4 Å². The molecular weight excluding hydrogens is 240 g/mol. The fraction of sp³-hybridized carbons (Fsp3) is 0. The van der Waals surface area contributed by atoms with Crippen molar-refractivity contribution in [1.82, 2.24) is 4.98 Å². The minimum absolute atomic E-state index is 0.0945. The first-order valence-corrected chi connectivity index (χ1v) is 5.25. The standard InChI is InChI=1S/C12H9ClN2O2/c13-11-5-4-8(7-14-11)12(17)15-9-2-1-3-10(16)6-9/h1-7,16H,(H,15,17). The van der Waals surface area contributed by atoms with Crippen molar-refractivity contribution in [2.24, 2.45) is 0 Å². The predicted octanol–water partition coefficient (Wildman–Crippen LogP) is 2.69. The molecule has 0 unspecified atom stereocenters. The van der Waals surface area contributed by atoms with E-state index in [4.69, 9.17) is 11.6 Å². The normalized spacial score (nSPS) is 9.94. The molecule has 0 radical (unpaired) electrons. The lowest BCUT2D eigenvalue weighted by Crippen LogP contribution is -2.11. The number of carbonyl (C=O) groups is 1. The number of carbonyl (C=O) groups excluding carboxylic acids is 1. The van der Waals surface area contributed by atoms with E-state index in [1.165, 1.54) is 18.3 Å². The van der Waals surface area contributed by atoms with E-state index >= 15 is 0 Å². The number of anilines is 1. The van der Waals surface area contributed by atoms with Crippen molar-refractivity contribution in [2.75, 3.05) is 5.32 Å². The lowest BCUT2D eigenvalue weighted by atomic mass is 10.2. The zero-order valence-electron chi connectivity index (χ0n) is 8.72. The second kappa shape index (κ2) is 4.84. The van der Waals surface area contributed by atoms with E-state index in [-0.39, 0.29) is 11.7 Å². The maximum Gasteiger partial charge on any atom is 0.257 e. The highest BCUT2D eigenvalue weighted by Crippen LogP contribution is 2.16. The molecule has 0 aliphatic heterocycles. The number of benzene rings is 1. The minimum atomic E-state index is -0.306. The van der Waals surface area contributed by atoms with Crippen LogP contribution in [0.3, 0.4) is 0 Å². The monoisotopic (exact) mass is 248 g/mol. The average Bonchev–Trinajstić information content (AvgIpc) is 2.29. The summed E-state index contributed by atoms with van der Waals surface area (Å²) < 4.78 is 0. The Kier molecular flexibility index (Phi) is 3.25. The maximum absolute atomic E-state index is 11.8. The second-order valence-corrected chi connectivity index (χ2v) is 3.76. The summed E-state index contributed by atoms with van der Waals surface area (Å²) in [5.41, 5.74) is 0.919. The molecule has 86 valence electrons. The molecule has 0 bridgehead atoms. The molecule has 17 heavy (non-hydrogen) atoms. The molecular formula is C12H9ClN2O2. The number of nitrogens with one attached hydrogen (secondary N) is 1. The predicted molar refractivity (Wildman–Crippen MR) is 65.3 cm³/mol. The van der Waals surface area contributed by atoms with Crippen molar-refractivity contribution >= 4 is 23.2 Å². The Labute approximate surface area is 103 Å². The van der Waals surface area contributed by atoms with E-state index < -0.39 is 0 Å². The molecule has 0 saturated heterocycles. The van der Waals surface area contributed by atoms with Crippen LogP contribution in [-0.2, 0) is 0 Å². The summed E-state index contributed by atoms with van der Waals surface area (Å²) in [6, 6.07) is 9.43. The molecule has 1 amide bonds. The third-order valence-corrected chi connectivity index (χ3v) is 2.32. The van der Waals surface area contributed by atoms with Crippen LogP contribution >= 0.6 is 11.6 Å². The number of phenolic OH excluding ortho intramolecular Hbond substituents is 1. The summed E-state index contributed by atoms with van der Waals surface area (Å²) >= 11 is 5.62. The second-order valence-electron chi connectivity index (χ2n) is 3.37. The Hall–Kier alpha value is -2.07. The van der Waals surface area contributed by atoms with E-state index in [9.17, 15) is 9.90 Å². The smallest absolute Gasteiger partial charge is 0.257 e. The highest BCUT2D eigenvalue weighted by Gasteiger charge is 2.06. The molecule has 1 aromatic heterocycles. The van der Waals surface area contributed by atoms with Crippen LogP contribution in [0.4, 0.5) is 5.69 Å². The van der Waals surface area contributed by atoms with Crippen LogP contribution in [0.25, 0.3) is 0 Å². The Balaban J connectivity index is 2.14. The number of hydrogen-bond donors (Lipinski definition) is 2. The Morgan fingerprint density at radius 3 is 2.76 bits per heavy atom. The number of rotatable bonds is 2. The third kappa shape index (κ3) is 2.95. The lowest BCUT2D eigenvalue weighted by molar-refractivity contribution is 0.102. The highest BCUT2D eigenvalue weighted by atomic mass is 35.5. The van der Waals surface area contributed by atoms with Gasteiger partial charge in [0.25, 0.3) is 5.91 Å². The fourth-order valence-electron chi connectivity index (χ4n) is 1.30. The molecule has 2 N–H and O–H groups in total. The van der Waals surface area contributed by atoms with Crippen molar-refractivity contribution in [3.05, 3.63) is 53.3 Å². The Bertz CT molecular complexity index is 540. The van der Waals surface area contributed by atoms with Crippen LogP contribution in [0.2, 0.25) is 5.15 Å². The van der Waals surface area contributed by atoms with Crippen LogP contribution in [0.1, 0.15) is 10.4 Å². The molecule has 0 fully saturated rings. The van der Waals surface area contributed by atoms with E-state index in [1.807, 2.05) is 0 Å². The summed E-state index contributed by atoms with van der Waals surface area (Å²) in [4.78, 5) is 15.6. The minimum Gasteiger partial charge on any atom is -0.508 e. The first-order valence-electron chi connectivity index (χ1n) is 4.87. The van der Waals surface area contributed by atoms with Gasteiger partial charge >= 0.3 is 0 Å². The lowest BCUT2D eigenvalue weighted by Gasteiger charge is -2.05. The number of phenols is 1. The molecule has 2 aromatic rings. The average molecular weight is 249 g/mol. The van der Waals surface area contributed by atoms with Crippen molar-refractivity contribution < 1.29 is 9.90 Å². The summed E-state index contributed by atoms with van der Waals surface area (Å²) in [6.07, 6.45) is 1.39. The van der Waals surface area contributed by atoms with E-state index in [1.54, 1.807) is 24.3 Å². The van der Waals surface area contributed by atoms with Gasteiger partial charge in [0.1, 0.15) is 10.9 Å². The van der Waals surface area contributed by atoms with Crippen LogP contribution in [0.5, 0.6) is 5.75 Å². The molecule has 0 aliphatic carbocycles. The van der Waals surface area contributed by atoms with Crippen molar-refractivity contribution in [2.45, 2.75) is 0 Å². The molecule has 0 saturated carbocycles. The third-order valence-electron chi connectivity index (χ3n) is 2.09. The number of hydrogen-bond acceptors (Lipinski definition) is 3. The van der Waals surface area contributed by atoms with Crippen molar-refractivity contribution in [1.29, 1.82) is 0 Å². The molecule has 0 aliphatic rings. The summed E-state index contributed by atoms with van der Waals surface area (Å²) in [5.74, 6) is -0.211. The number of pyridine rings is 1. The van der Waals surface area contributed by atoms with Gasteiger partial charge in [0.2, 0.25) is 0 Å². The number of aromatic hydroxyl groups is 1. The van der Waals surface area contributed by atoms with Gasteiger partial charge in [0.05, 0.1) is 5.56 Å². The molecule has 0 spiro atoms. The molecule has 2 rings (SSSR count). The molecule has 4 nitrogen and oxygen atoms in total. The largest absolute Gasteiger partial charge is 0.508 e. The van der Waals surface area contributed by atoms with E-state index in [0.717, 1.165) is 0 Å². The van der Waals surface area contributed by atoms with E-state index in [2.05, 4.69) is 10.3 Å². The van der Waals surface area contributed by atoms with Gasteiger partial charge in [-0.15, -0.1) is 0 Å². The topological polar surface area (TPSA) is 62.2 Å². The summed E-state index contributed by atoms with van der Waals surface area (Å²) in [5, 5.41) is 12.2. The Morgan fingerprint density at radius 1 is 1.29 bits per heavy atom. The van der Waals surface area contributed by atoms with Gasteiger partial charge in [0, 0.05) is 18.0 Å². The zero-order chi connectivity index (χ0) is 12.3. The van der Waals surface area contributed by atoms with E-state index in [0.29, 0.717) is 16.4 Å².